The molecular formula is C123H78N18Pt3. The van der Waals surface area contributed by atoms with E-state index in [0.29, 0.717) is 0 Å². The Hall–Kier alpha value is -17.1. The number of para-hydroxylation sites is 1. The van der Waals surface area contributed by atoms with Crippen molar-refractivity contribution < 1.29 is 63.2 Å². The van der Waals surface area contributed by atoms with Gasteiger partial charge in [0.15, 0.2) is 0 Å². The van der Waals surface area contributed by atoms with Crippen LogP contribution in [0.2, 0.25) is 0 Å². The van der Waals surface area contributed by atoms with Gasteiger partial charge in [-0.2, -0.15) is 0 Å². The first kappa shape index (κ1) is 91.9. The molecule has 144 heavy (non-hydrogen) atoms. The number of pyridine rings is 9. The molecule has 0 atom stereocenters. The average Bonchev–Trinajstić information content (AvgIpc) is 1.58. The number of aromatic nitrogens is 18. The first-order valence-corrected chi connectivity index (χ1v) is 46.3. The number of hydrogen-bond acceptors (Lipinski definition) is 12. The van der Waals surface area contributed by atoms with E-state index in [4.69, 9.17) is 15.0 Å². The summed E-state index contributed by atoms with van der Waals surface area (Å²) in [6.07, 6.45) is 27.3. The molecule has 21 heteroatoms. The number of nitrogens with zero attached hydrogens (tertiary/aromatic N) is 18. The van der Waals surface area contributed by atoms with E-state index in [1.165, 1.54) is 0 Å². The van der Waals surface area contributed by atoms with Gasteiger partial charge in [-0.25, -0.2) is 0 Å². The van der Waals surface area contributed by atoms with E-state index in [1.807, 2.05) is 220 Å². The summed E-state index contributed by atoms with van der Waals surface area (Å²) in [5.41, 5.74) is 36.4. The number of fused-ring (bicyclic) bond motifs is 12. The number of rotatable bonds is 15. The van der Waals surface area contributed by atoms with E-state index >= 15 is 0 Å². The summed E-state index contributed by atoms with van der Waals surface area (Å²) in [7, 11) is 6.20. The molecule has 690 valence electrons. The fraction of sp³-hybridized carbons (Fsp3) is 0.0244. The molecule has 0 radical (unpaired) electrons. The van der Waals surface area contributed by atoms with Gasteiger partial charge in [0.05, 0.1) is 50.6 Å². The maximum atomic E-state index is 5.12. The third kappa shape index (κ3) is 17.2. The average molecular weight is 2390 g/mol. The minimum Gasteiger partial charge on any atom is -0.367 e. The summed E-state index contributed by atoms with van der Waals surface area (Å²) in [4.78, 5) is 54.3. The molecular weight excluding hydrogens is 2310 g/mol. The Morgan fingerprint density at radius 2 is 0.514 bits per heavy atom. The van der Waals surface area contributed by atoms with E-state index in [0.717, 1.165) is 250 Å². The van der Waals surface area contributed by atoms with E-state index < -0.39 is 0 Å². The largest absolute Gasteiger partial charge is 2.00 e. The van der Waals surface area contributed by atoms with E-state index in [2.05, 4.69) is 330 Å². The second kappa shape index (κ2) is 39.5. The van der Waals surface area contributed by atoms with Crippen molar-refractivity contribution in [1.82, 2.24) is 87.2 Å². The van der Waals surface area contributed by atoms with Crippen LogP contribution in [0, 0.1) is 36.4 Å². The summed E-state index contributed by atoms with van der Waals surface area (Å²) in [5, 5.41) is 6.76. The van der Waals surface area contributed by atoms with Crippen LogP contribution in [-0.2, 0) is 84.3 Å². The zero-order valence-electron chi connectivity index (χ0n) is 77.3. The maximum absolute atomic E-state index is 5.12. The summed E-state index contributed by atoms with van der Waals surface area (Å²) in [6.45, 7) is 0. The van der Waals surface area contributed by atoms with Crippen molar-refractivity contribution >= 4 is 98.5 Å². The zero-order valence-corrected chi connectivity index (χ0v) is 84.2. The van der Waals surface area contributed by atoms with Gasteiger partial charge in [0.25, 0.3) is 0 Å². The molecule has 15 heterocycles. The standard InChI is InChI=1S/3C41H26N6.3Pt/c1-46-40-25-30(28-16-21-43-22-17-28)9-12-37(40)45-41(46)32-8-11-34-35-24-29(27-14-19-42-20-15-27)10-13-38(35)47(39(34)26-32)33-6-4-5-31(23-33)36-7-2-3-18-44-36;1-46-39-13-10-30(28-16-21-43-22-17-28)25-37(39)45-41(46)32-8-11-34-35-24-29(27-14-19-42-20-15-27)9-12-38(35)47(40(34)26-32)33-6-4-5-31(23-33)36-7-2-3-18-44-36;1-46-40-25-29(27-13-18-42-19-14-27)10-12-37(40)45-41(46)30-9-11-35-34-6-2-3-8-38(34)47(39(35)26-30)33-23-31(28-15-20-43-21-16-28)22-32(24-33)36-7-4-5-17-44-36;;;/h2*2-22,24-25H,1H3;2-23,25H,1H3;;;/q3*-2;3*+2. The van der Waals surface area contributed by atoms with Gasteiger partial charge >= 0.3 is 63.2 Å². The van der Waals surface area contributed by atoms with E-state index in [1.54, 1.807) is 0 Å². The second-order valence-electron chi connectivity index (χ2n) is 34.6. The fourth-order valence-corrected chi connectivity index (χ4v) is 19.4. The molecule has 12 aromatic carbocycles. The molecule has 0 fully saturated rings. The van der Waals surface area contributed by atoms with Crippen molar-refractivity contribution in [2.24, 2.45) is 21.1 Å². The van der Waals surface area contributed by atoms with E-state index in [9.17, 15) is 0 Å². The van der Waals surface area contributed by atoms with Crippen LogP contribution in [-0.4, -0.2) is 87.2 Å². The monoisotopic (exact) mass is 2390 g/mol. The number of aryl methyl sites for hydroxylation is 3. The van der Waals surface area contributed by atoms with Gasteiger partial charge in [-0.3, -0.25) is 44.9 Å². The first-order valence-electron chi connectivity index (χ1n) is 46.3. The summed E-state index contributed by atoms with van der Waals surface area (Å²) in [6, 6.07) is 135. The molecule has 0 N–H and O–H groups in total. The second-order valence-corrected chi connectivity index (χ2v) is 34.6. The Morgan fingerprint density at radius 1 is 0.188 bits per heavy atom. The molecule has 0 bridgehead atoms. The minimum atomic E-state index is 0. The zero-order chi connectivity index (χ0) is 94.0. The normalized spacial score (nSPS) is 11.3. The van der Waals surface area contributed by atoms with Gasteiger partial charge in [0, 0.05) is 131 Å². The van der Waals surface area contributed by atoms with Crippen LogP contribution in [0.15, 0.2) is 421 Å². The van der Waals surface area contributed by atoms with Crippen LogP contribution in [0.5, 0.6) is 0 Å². The number of hydrogen-bond donors (Lipinski definition) is 0. The Morgan fingerprint density at radius 3 is 0.924 bits per heavy atom. The van der Waals surface area contributed by atoms with Crippen LogP contribution >= 0.6 is 0 Å². The number of benzene rings is 12. The maximum Gasteiger partial charge on any atom is 2.00 e. The third-order valence-corrected chi connectivity index (χ3v) is 26.3. The molecule has 27 rings (SSSR count). The van der Waals surface area contributed by atoms with Gasteiger partial charge in [0.2, 0.25) is 0 Å². The molecule has 0 saturated carbocycles. The van der Waals surface area contributed by atoms with Crippen molar-refractivity contribution in [1.29, 1.82) is 0 Å². The van der Waals surface area contributed by atoms with Crippen molar-refractivity contribution in [3.8, 4) is 152 Å². The van der Waals surface area contributed by atoms with Crippen LogP contribution in [0.3, 0.4) is 0 Å². The van der Waals surface area contributed by atoms with E-state index in [-0.39, 0.29) is 63.2 Å². The van der Waals surface area contributed by atoms with Gasteiger partial charge in [0.1, 0.15) is 0 Å². The van der Waals surface area contributed by atoms with Gasteiger partial charge in [-0.15, -0.1) is 155 Å². The fourth-order valence-electron chi connectivity index (χ4n) is 19.4. The molecule has 15 aromatic heterocycles. The molecule has 18 nitrogen and oxygen atoms in total. The molecule has 27 aromatic rings. The molecule has 0 aliphatic rings. The predicted octanol–water partition coefficient (Wildman–Crippen LogP) is 27.4. The van der Waals surface area contributed by atoms with Crippen LogP contribution in [0.4, 0.5) is 0 Å². The van der Waals surface area contributed by atoms with Gasteiger partial charge < -0.3 is 42.4 Å². The summed E-state index contributed by atoms with van der Waals surface area (Å²) in [5.74, 6) is 2.57. The Bertz CT molecular complexity index is 9150. The molecule has 0 spiro atoms. The Balaban J connectivity index is 0.000000122. The SMILES string of the molecule is Cn1c(-c2[c-]c3c(cc2)c2cc(-c4ccncc4)ccc2n3-c2[c-]c(-c3ccccn3)ccc2)nc2cc(-c3ccncc3)ccc21.Cn1c(-c2[c-]c3c(cc2)c2cc(-c4ccncc4)ccc2n3-c2[c-]c(-c3ccccn3)ccc2)nc2ccc(-c3ccncc3)cc21.Cn1c(-c2[c-]c3c(cc2)c2ccccc2n3-c2[c-]c(-c3ccccn3)cc(-c3ccncc3)c2)nc2ccc(-c3ccncc3)cc21.[Pt+2].[Pt+2].[Pt+2]. The van der Waals surface area contributed by atoms with Crippen LogP contribution < -0.4 is 0 Å². The molecule has 0 aliphatic carbocycles. The van der Waals surface area contributed by atoms with Crippen LogP contribution in [0.1, 0.15) is 0 Å². The smallest absolute Gasteiger partial charge is 0.367 e. The molecule has 0 aliphatic heterocycles. The van der Waals surface area contributed by atoms with Crippen molar-refractivity contribution in [2.75, 3.05) is 0 Å². The Kier molecular flexibility index (Phi) is 25.2. The number of imidazole rings is 3. The predicted molar refractivity (Wildman–Crippen MR) is 564 cm³/mol. The molecule has 0 saturated heterocycles. The van der Waals surface area contributed by atoms with Crippen molar-refractivity contribution in [3.05, 3.63) is 457 Å². The first-order chi connectivity index (χ1) is 69.6. The molecule has 0 unspecified atom stereocenters. The van der Waals surface area contributed by atoms with Gasteiger partial charge in [-0.1, -0.05) is 119 Å². The van der Waals surface area contributed by atoms with Crippen molar-refractivity contribution in [3.63, 3.8) is 0 Å². The quantitative estimate of drug-likeness (QED) is 0.0886. The van der Waals surface area contributed by atoms with Crippen molar-refractivity contribution in [2.45, 2.75) is 0 Å². The Labute approximate surface area is 871 Å². The molecule has 0 amide bonds. The minimum absolute atomic E-state index is 0. The third-order valence-electron chi connectivity index (χ3n) is 26.3. The van der Waals surface area contributed by atoms with Gasteiger partial charge in [-0.05, 0) is 274 Å². The topological polar surface area (TPSA) is 184 Å². The van der Waals surface area contributed by atoms with Crippen LogP contribution in [0.25, 0.3) is 250 Å². The summed E-state index contributed by atoms with van der Waals surface area (Å²) >= 11 is 0. The summed E-state index contributed by atoms with van der Waals surface area (Å²) < 4.78 is 13.2.